The Morgan fingerprint density at radius 1 is 0.667 bits per heavy atom. The van der Waals surface area contributed by atoms with E-state index in [4.69, 9.17) is 0 Å². The fourth-order valence-electron chi connectivity index (χ4n) is 3.91. The minimum atomic E-state index is 0.0473. The van der Waals surface area contributed by atoms with Gasteiger partial charge in [-0.15, -0.1) is 11.3 Å². The molecule has 2 aromatic heterocycles. The number of hydrogen-bond donors (Lipinski definition) is 0. The van der Waals surface area contributed by atoms with Gasteiger partial charge in [-0.25, -0.2) is 0 Å². The fraction of sp³-hybridized carbons (Fsp3) is 0.182. The maximum Gasteiger partial charge on any atom is 0.0510 e. The SMILES string of the molecule is CC(C)(C)n1c2ccccc2c2cc3c(cc21)sc1ccccc13. The third kappa shape index (κ3) is 1.81. The average Bonchev–Trinajstić information content (AvgIpc) is 3.07. The molecule has 0 aliphatic carbocycles. The molecular weight excluding hydrogens is 310 g/mol. The van der Waals surface area contributed by atoms with Crippen molar-refractivity contribution in [2.45, 2.75) is 26.3 Å². The first kappa shape index (κ1) is 14.1. The van der Waals surface area contributed by atoms with Gasteiger partial charge in [-0.05, 0) is 45.0 Å². The van der Waals surface area contributed by atoms with Crippen molar-refractivity contribution in [2.24, 2.45) is 0 Å². The number of benzene rings is 3. The first-order valence-electron chi connectivity index (χ1n) is 8.39. The van der Waals surface area contributed by atoms with Crippen LogP contribution in [0.5, 0.6) is 0 Å². The third-order valence-electron chi connectivity index (χ3n) is 4.84. The summed E-state index contributed by atoms with van der Waals surface area (Å²) in [6.07, 6.45) is 0. The smallest absolute Gasteiger partial charge is 0.0510 e. The summed E-state index contributed by atoms with van der Waals surface area (Å²) < 4.78 is 5.23. The third-order valence-corrected chi connectivity index (χ3v) is 5.98. The van der Waals surface area contributed by atoms with Gasteiger partial charge in [0.25, 0.3) is 0 Å². The molecule has 5 aromatic rings. The van der Waals surface area contributed by atoms with Gasteiger partial charge in [-0.3, -0.25) is 0 Å². The van der Waals surface area contributed by atoms with E-state index in [1.807, 2.05) is 11.3 Å². The lowest BCUT2D eigenvalue weighted by Gasteiger charge is -2.24. The van der Waals surface area contributed by atoms with E-state index in [1.165, 1.54) is 42.0 Å². The topological polar surface area (TPSA) is 4.93 Å². The van der Waals surface area contributed by atoms with E-state index in [1.54, 1.807) is 0 Å². The second kappa shape index (κ2) is 4.61. The summed E-state index contributed by atoms with van der Waals surface area (Å²) >= 11 is 1.89. The maximum absolute atomic E-state index is 2.49. The minimum absolute atomic E-state index is 0.0473. The van der Waals surface area contributed by atoms with Crippen molar-refractivity contribution < 1.29 is 0 Å². The van der Waals surface area contributed by atoms with Crippen LogP contribution in [0.4, 0.5) is 0 Å². The van der Waals surface area contributed by atoms with Crippen LogP contribution in [0.15, 0.2) is 60.7 Å². The molecule has 0 fully saturated rings. The maximum atomic E-state index is 2.49. The van der Waals surface area contributed by atoms with Gasteiger partial charge in [0.15, 0.2) is 0 Å². The minimum Gasteiger partial charge on any atom is -0.335 e. The Labute approximate surface area is 145 Å². The van der Waals surface area contributed by atoms with E-state index >= 15 is 0 Å². The van der Waals surface area contributed by atoms with Crippen molar-refractivity contribution >= 4 is 53.3 Å². The molecular formula is C22H19NS. The zero-order valence-electron chi connectivity index (χ0n) is 14.1. The van der Waals surface area contributed by atoms with Crippen molar-refractivity contribution in [3.8, 4) is 0 Å². The molecule has 3 aromatic carbocycles. The molecule has 1 nitrogen and oxygen atoms in total. The molecule has 0 unspecified atom stereocenters. The molecule has 24 heavy (non-hydrogen) atoms. The molecule has 2 heteroatoms. The number of para-hydroxylation sites is 1. The van der Waals surface area contributed by atoms with Crippen LogP contribution in [0, 0.1) is 0 Å². The lowest BCUT2D eigenvalue weighted by molar-refractivity contribution is 0.423. The van der Waals surface area contributed by atoms with E-state index in [2.05, 4.69) is 86.0 Å². The van der Waals surface area contributed by atoms with Crippen LogP contribution < -0.4 is 0 Å². The van der Waals surface area contributed by atoms with Crippen LogP contribution >= 0.6 is 11.3 Å². The zero-order valence-corrected chi connectivity index (χ0v) is 14.9. The van der Waals surface area contributed by atoms with Gasteiger partial charge in [0.2, 0.25) is 0 Å². The van der Waals surface area contributed by atoms with Crippen molar-refractivity contribution in [3.05, 3.63) is 60.7 Å². The lowest BCUT2D eigenvalue weighted by Crippen LogP contribution is -2.21. The van der Waals surface area contributed by atoms with E-state index in [0.29, 0.717) is 0 Å². The molecule has 0 spiro atoms. The van der Waals surface area contributed by atoms with Crippen LogP contribution in [0.1, 0.15) is 20.8 Å². The summed E-state index contributed by atoms with van der Waals surface area (Å²) in [6, 6.07) is 22.3. The highest BCUT2D eigenvalue weighted by Crippen LogP contribution is 2.41. The van der Waals surface area contributed by atoms with Gasteiger partial charge in [0.1, 0.15) is 0 Å². The highest BCUT2D eigenvalue weighted by atomic mass is 32.1. The Kier molecular flexibility index (Phi) is 2.70. The molecule has 2 heterocycles. The first-order chi connectivity index (χ1) is 11.5. The number of thiophene rings is 1. The van der Waals surface area contributed by atoms with E-state index < -0.39 is 0 Å². The Morgan fingerprint density at radius 3 is 2.17 bits per heavy atom. The predicted octanol–water partition coefficient (Wildman–Crippen LogP) is 6.92. The number of rotatable bonds is 0. The number of fused-ring (bicyclic) bond motifs is 6. The Morgan fingerprint density at radius 2 is 1.38 bits per heavy atom. The predicted molar refractivity (Wildman–Crippen MR) is 107 cm³/mol. The molecule has 5 rings (SSSR count). The number of aromatic nitrogens is 1. The highest BCUT2D eigenvalue weighted by Gasteiger charge is 2.21. The Bertz CT molecular complexity index is 1230. The Hall–Kier alpha value is -2.32. The van der Waals surface area contributed by atoms with E-state index in [9.17, 15) is 0 Å². The normalized spacial score (nSPS) is 12.8. The summed E-state index contributed by atoms with van der Waals surface area (Å²) in [5.74, 6) is 0. The standard InChI is InChI=1S/C22H19NS/c1-22(2,3)23-18-10-6-4-8-14(18)16-12-17-15-9-5-7-11-20(15)24-21(17)13-19(16)23/h4-13H,1-3H3. The summed E-state index contributed by atoms with van der Waals surface area (Å²) in [6.45, 7) is 6.86. The van der Waals surface area contributed by atoms with Crippen LogP contribution in [0.2, 0.25) is 0 Å². The molecule has 0 atom stereocenters. The summed E-state index contributed by atoms with van der Waals surface area (Å²) in [5.41, 5.74) is 2.70. The van der Waals surface area contributed by atoms with Gasteiger partial charge < -0.3 is 4.57 Å². The molecule has 0 radical (unpaired) electrons. The Balaban J connectivity index is 2.05. The van der Waals surface area contributed by atoms with Crippen molar-refractivity contribution in [1.29, 1.82) is 0 Å². The summed E-state index contributed by atoms with van der Waals surface area (Å²) in [5, 5.41) is 5.45. The van der Waals surface area contributed by atoms with Gasteiger partial charge >= 0.3 is 0 Å². The highest BCUT2D eigenvalue weighted by molar-refractivity contribution is 7.25. The molecule has 0 saturated carbocycles. The molecule has 0 bridgehead atoms. The van der Waals surface area contributed by atoms with Crippen molar-refractivity contribution in [2.75, 3.05) is 0 Å². The van der Waals surface area contributed by atoms with Gasteiger partial charge in [-0.2, -0.15) is 0 Å². The second-order valence-electron chi connectivity index (χ2n) is 7.49. The van der Waals surface area contributed by atoms with Gasteiger partial charge in [-0.1, -0.05) is 36.4 Å². The fourth-order valence-corrected chi connectivity index (χ4v) is 5.03. The molecule has 0 saturated heterocycles. The summed E-state index contributed by atoms with van der Waals surface area (Å²) in [7, 11) is 0. The van der Waals surface area contributed by atoms with Gasteiger partial charge in [0.05, 0.1) is 5.52 Å². The van der Waals surface area contributed by atoms with Crippen LogP contribution in [-0.2, 0) is 5.54 Å². The number of hydrogen-bond acceptors (Lipinski definition) is 1. The monoisotopic (exact) mass is 329 g/mol. The van der Waals surface area contributed by atoms with E-state index in [0.717, 1.165) is 0 Å². The zero-order chi connectivity index (χ0) is 16.5. The van der Waals surface area contributed by atoms with Crippen molar-refractivity contribution in [3.63, 3.8) is 0 Å². The number of nitrogens with zero attached hydrogens (tertiary/aromatic N) is 1. The van der Waals surface area contributed by atoms with Crippen molar-refractivity contribution in [1.82, 2.24) is 4.57 Å². The van der Waals surface area contributed by atoms with Crippen LogP contribution in [0.25, 0.3) is 42.0 Å². The molecule has 0 aliphatic rings. The van der Waals surface area contributed by atoms with E-state index in [-0.39, 0.29) is 5.54 Å². The first-order valence-corrected chi connectivity index (χ1v) is 9.20. The molecule has 0 N–H and O–H groups in total. The quantitative estimate of drug-likeness (QED) is 0.291. The average molecular weight is 329 g/mol. The van der Waals surface area contributed by atoms with Crippen LogP contribution in [0.3, 0.4) is 0 Å². The van der Waals surface area contributed by atoms with Gasteiger partial charge in [0, 0.05) is 42.0 Å². The summed E-state index contributed by atoms with van der Waals surface area (Å²) in [4.78, 5) is 0. The lowest BCUT2D eigenvalue weighted by atomic mass is 10.1. The molecule has 0 aliphatic heterocycles. The second-order valence-corrected chi connectivity index (χ2v) is 8.57. The largest absolute Gasteiger partial charge is 0.335 e. The molecule has 118 valence electrons. The van der Waals surface area contributed by atoms with Crippen LogP contribution in [-0.4, -0.2) is 4.57 Å². The molecule has 0 amide bonds.